The van der Waals surface area contributed by atoms with Crippen molar-refractivity contribution in [3.63, 3.8) is 0 Å². The molecule has 0 bridgehead atoms. The molecule has 2 N–H and O–H groups in total. The highest BCUT2D eigenvalue weighted by molar-refractivity contribution is 6.14. The summed E-state index contributed by atoms with van der Waals surface area (Å²) in [6.45, 7) is 1.50. The van der Waals surface area contributed by atoms with Gasteiger partial charge < -0.3 is 10.6 Å². The van der Waals surface area contributed by atoms with E-state index in [0.717, 1.165) is 21.7 Å². The van der Waals surface area contributed by atoms with E-state index in [0.29, 0.717) is 16.9 Å². The molecular weight excluding hydrogens is 340 g/mol. The van der Waals surface area contributed by atoms with E-state index >= 15 is 0 Å². The van der Waals surface area contributed by atoms with E-state index < -0.39 is 0 Å². The van der Waals surface area contributed by atoms with Crippen molar-refractivity contribution in [3.8, 4) is 0 Å². The van der Waals surface area contributed by atoms with Crippen LogP contribution in [-0.4, -0.2) is 21.8 Å². The maximum absolute atomic E-state index is 12.5. The summed E-state index contributed by atoms with van der Waals surface area (Å²) >= 11 is 0. The minimum Gasteiger partial charge on any atom is -0.308 e. The number of fused-ring (bicyclic) bond motifs is 3. The largest absolute Gasteiger partial charge is 0.323 e. The molecule has 0 atom stereocenters. The fourth-order valence-electron chi connectivity index (χ4n) is 2.98. The molecule has 0 aliphatic carbocycles. The van der Waals surface area contributed by atoms with Crippen LogP contribution in [-0.2, 0) is 0 Å². The number of nitrogens with one attached hydrogen (secondary N) is 2. The quantitative estimate of drug-likeness (QED) is 0.414. The Morgan fingerprint density at radius 1 is 0.926 bits per heavy atom. The smallest absolute Gasteiger partial charge is 0.308 e. The van der Waals surface area contributed by atoms with E-state index in [4.69, 9.17) is 0 Å². The van der Waals surface area contributed by atoms with Gasteiger partial charge in [-0.2, -0.15) is 0 Å². The number of aromatic nitrogens is 2. The maximum Gasteiger partial charge on any atom is 0.323 e. The number of Topliss-reactive ketones (excluding diaryl/α,β-unsaturated/α-hetero) is 1. The molecule has 2 aromatic carbocycles. The van der Waals surface area contributed by atoms with Crippen molar-refractivity contribution in [3.05, 3.63) is 72.7 Å². The van der Waals surface area contributed by atoms with Crippen molar-refractivity contribution >= 4 is 44.9 Å². The number of hydrogen-bond donors (Lipinski definition) is 2. The van der Waals surface area contributed by atoms with Gasteiger partial charge in [0.15, 0.2) is 5.78 Å². The summed E-state index contributed by atoms with van der Waals surface area (Å²) in [5, 5.41) is 8.37. The second kappa shape index (κ2) is 6.84. The van der Waals surface area contributed by atoms with Gasteiger partial charge in [0.25, 0.3) is 0 Å². The molecule has 132 valence electrons. The van der Waals surface area contributed by atoms with Crippen LogP contribution >= 0.6 is 0 Å². The summed E-state index contributed by atoms with van der Waals surface area (Å²) in [4.78, 5) is 32.4. The molecule has 27 heavy (non-hydrogen) atoms. The molecule has 2 aromatic heterocycles. The monoisotopic (exact) mass is 356 g/mol. The number of carbonyl (C=O) groups is 2. The number of nitrogens with zero attached hydrogens (tertiary/aromatic N) is 2. The van der Waals surface area contributed by atoms with Crippen LogP contribution in [0.2, 0.25) is 0 Å². The molecule has 0 fully saturated rings. The van der Waals surface area contributed by atoms with Crippen molar-refractivity contribution in [1.29, 1.82) is 0 Å². The third-order valence-corrected chi connectivity index (χ3v) is 4.31. The van der Waals surface area contributed by atoms with Gasteiger partial charge in [0.2, 0.25) is 0 Å². The van der Waals surface area contributed by atoms with E-state index in [9.17, 15) is 9.59 Å². The number of anilines is 2. The Balaban J connectivity index is 1.64. The van der Waals surface area contributed by atoms with Crippen molar-refractivity contribution in [2.75, 3.05) is 10.6 Å². The van der Waals surface area contributed by atoms with Crippen molar-refractivity contribution < 1.29 is 9.59 Å². The van der Waals surface area contributed by atoms with E-state index in [1.165, 1.54) is 6.92 Å². The van der Waals surface area contributed by atoms with E-state index in [-0.39, 0.29) is 11.8 Å². The zero-order valence-electron chi connectivity index (χ0n) is 14.6. The van der Waals surface area contributed by atoms with Gasteiger partial charge in [0, 0.05) is 40.6 Å². The van der Waals surface area contributed by atoms with E-state index in [2.05, 4.69) is 20.6 Å². The number of urea groups is 1. The Morgan fingerprint density at radius 2 is 1.74 bits per heavy atom. The molecule has 0 aliphatic rings. The molecule has 6 nitrogen and oxygen atoms in total. The molecule has 0 spiro atoms. The Bertz CT molecular complexity index is 1170. The van der Waals surface area contributed by atoms with Crippen LogP contribution in [0.4, 0.5) is 16.2 Å². The zero-order chi connectivity index (χ0) is 18.8. The fraction of sp³-hybridized carbons (Fsp3) is 0.0476. The first kappa shape index (κ1) is 16.7. The molecule has 4 aromatic rings. The van der Waals surface area contributed by atoms with Crippen LogP contribution < -0.4 is 10.6 Å². The van der Waals surface area contributed by atoms with Gasteiger partial charge >= 0.3 is 6.03 Å². The lowest BCUT2D eigenvalue weighted by Gasteiger charge is -2.12. The van der Waals surface area contributed by atoms with Crippen LogP contribution in [0, 0.1) is 0 Å². The second-order valence-corrected chi connectivity index (χ2v) is 6.13. The normalized spacial score (nSPS) is 10.7. The number of benzene rings is 2. The number of ketones is 1. The van der Waals surface area contributed by atoms with Crippen molar-refractivity contribution in [2.45, 2.75) is 6.92 Å². The van der Waals surface area contributed by atoms with Gasteiger partial charge in [0.1, 0.15) is 0 Å². The third-order valence-electron chi connectivity index (χ3n) is 4.31. The third kappa shape index (κ3) is 3.32. The summed E-state index contributed by atoms with van der Waals surface area (Å²) in [6.07, 6.45) is 5.19. The van der Waals surface area contributed by atoms with Gasteiger partial charge in [-0.1, -0.05) is 0 Å². The molecule has 0 radical (unpaired) electrons. The van der Waals surface area contributed by atoms with Crippen molar-refractivity contribution in [2.24, 2.45) is 0 Å². The first-order valence-corrected chi connectivity index (χ1v) is 8.42. The Kier molecular flexibility index (Phi) is 4.22. The predicted octanol–water partition coefficient (Wildman–Crippen LogP) is 4.63. The number of hydrogen-bond acceptors (Lipinski definition) is 4. The van der Waals surface area contributed by atoms with E-state index in [1.54, 1.807) is 42.9 Å². The summed E-state index contributed by atoms with van der Waals surface area (Å²) in [6, 6.07) is 13.9. The molecule has 0 saturated carbocycles. The minimum absolute atomic E-state index is 0.0179. The number of pyridine rings is 2. The van der Waals surface area contributed by atoms with Crippen molar-refractivity contribution in [1.82, 2.24) is 9.97 Å². The maximum atomic E-state index is 12.5. The summed E-state index contributed by atoms with van der Waals surface area (Å²) in [5.41, 5.74) is 2.64. The van der Waals surface area contributed by atoms with Crippen LogP contribution in [0.1, 0.15) is 17.3 Å². The zero-order valence-corrected chi connectivity index (χ0v) is 14.6. The molecular formula is C21H16N4O2. The lowest BCUT2D eigenvalue weighted by molar-refractivity contribution is 0.101. The first-order chi connectivity index (χ1) is 13.1. The van der Waals surface area contributed by atoms with Gasteiger partial charge in [-0.05, 0) is 60.8 Å². The van der Waals surface area contributed by atoms with Gasteiger partial charge in [-0.3, -0.25) is 14.8 Å². The molecule has 0 saturated heterocycles. The average molecular weight is 356 g/mol. The summed E-state index contributed by atoms with van der Waals surface area (Å²) in [5.74, 6) is -0.0179. The van der Waals surface area contributed by atoms with Gasteiger partial charge in [0.05, 0.1) is 11.2 Å². The topological polar surface area (TPSA) is 84.0 Å². The van der Waals surface area contributed by atoms with Crippen LogP contribution in [0.3, 0.4) is 0 Å². The molecule has 0 unspecified atom stereocenters. The summed E-state index contributed by atoms with van der Waals surface area (Å²) in [7, 11) is 0. The Labute approximate surface area is 155 Å². The number of amides is 2. The van der Waals surface area contributed by atoms with Crippen LogP contribution in [0.15, 0.2) is 67.1 Å². The lowest BCUT2D eigenvalue weighted by Crippen LogP contribution is -2.19. The standard InChI is InChI=1S/C21H16N4O2/c1-13(26)14-4-6-16(7-5-14)24-21(27)25-19-11-15-8-10-22-12-18(15)20-17(19)3-2-9-23-20/h2-12H,1H3,(H2,24,25,27). The highest BCUT2D eigenvalue weighted by atomic mass is 16.2. The number of rotatable bonds is 3. The molecule has 0 aliphatic heterocycles. The molecule has 4 rings (SSSR count). The predicted molar refractivity (Wildman–Crippen MR) is 106 cm³/mol. The molecule has 6 heteroatoms. The molecule has 2 heterocycles. The van der Waals surface area contributed by atoms with E-state index in [1.807, 2.05) is 24.3 Å². The summed E-state index contributed by atoms with van der Waals surface area (Å²) < 4.78 is 0. The minimum atomic E-state index is -0.371. The lowest BCUT2D eigenvalue weighted by atomic mass is 10.1. The van der Waals surface area contributed by atoms with Gasteiger partial charge in [-0.25, -0.2) is 4.79 Å². The van der Waals surface area contributed by atoms with Crippen LogP contribution in [0.5, 0.6) is 0 Å². The van der Waals surface area contributed by atoms with Crippen LogP contribution in [0.25, 0.3) is 21.7 Å². The number of carbonyl (C=O) groups excluding carboxylic acids is 2. The Hall–Kier alpha value is -3.80. The Morgan fingerprint density at radius 3 is 2.52 bits per heavy atom. The fourth-order valence-corrected chi connectivity index (χ4v) is 2.98. The molecule has 2 amide bonds. The SMILES string of the molecule is CC(=O)c1ccc(NC(=O)Nc2cc3ccncc3c3ncccc23)cc1. The first-order valence-electron chi connectivity index (χ1n) is 8.42. The van der Waals surface area contributed by atoms with Gasteiger partial charge in [-0.15, -0.1) is 0 Å². The highest BCUT2D eigenvalue weighted by Crippen LogP contribution is 2.30. The average Bonchev–Trinajstić information content (AvgIpc) is 2.68. The highest BCUT2D eigenvalue weighted by Gasteiger charge is 2.10. The second-order valence-electron chi connectivity index (χ2n) is 6.13.